The van der Waals surface area contributed by atoms with Gasteiger partial charge in [-0.25, -0.2) is 13.6 Å². The molecule has 1 unspecified atom stereocenters. The zero-order chi connectivity index (χ0) is 14.6. The van der Waals surface area contributed by atoms with Crippen LogP contribution in [0, 0.1) is 17.6 Å². The van der Waals surface area contributed by atoms with Crippen molar-refractivity contribution in [1.82, 2.24) is 10.2 Å². The van der Waals surface area contributed by atoms with Crippen molar-refractivity contribution in [2.24, 2.45) is 5.92 Å². The minimum Gasteiger partial charge on any atom is -0.335 e. The monoisotopic (exact) mass is 270 g/mol. The van der Waals surface area contributed by atoms with Gasteiger partial charge in [0, 0.05) is 31.3 Å². The Morgan fingerprint density at radius 2 is 1.95 bits per heavy atom. The van der Waals surface area contributed by atoms with Crippen molar-refractivity contribution in [2.75, 3.05) is 7.05 Å². The van der Waals surface area contributed by atoms with Crippen LogP contribution in [0.3, 0.4) is 0 Å². The summed E-state index contributed by atoms with van der Waals surface area (Å²) in [6.45, 7) is 6.02. The van der Waals surface area contributed by atoms with Gasteiger partial charge in [-0.1, -0.05) is 19.9 Å². The van der Waals surface area contributed by atoms with Crippen molar-refractivity contribution in [2.45, 2.75) is 33.4 Å². The summed E-state index contributed by atoms with van der Waals surface area (Å²) in [5.41, 5.74) is 0.288. The Labute approximate surface area is 112 Å². The molecule has 0 saturated carbocycles. The highest BCUT2D eigenvalue weighted by Gasteiger charge is 2.15. The molecule has 0 saturated heterocycles. The average Bonchev–Trinajstić information content (AvgIpc) is 2.32. The van der Waals surface area contributed by atoms with E-state index in [0.29, 0.717) is 5.92 Å². The van der Waals surface area contributed by atoms with Gasteiger partial charge in [0.1, 0.15) is 11.6 Å². The summed E-state index contributed by atoms with van der Waals surface area (Å²) in [5.74, 6) is -0.946. The molecule has 0 bridgehead atoms. The van der Waals surface area contributed by atoms with Crippen LogP contribution in [0.4, 0.5) is 13.6 Å². The molecule has 0 spiro atoms. The Morgan fingerprint density at radius 1 is 1.32 bits per heavy atom. The number of halogens is 2. The van der Waals surface area contributed by atoms with Crippen LogP contribution in [-0.2, 0) is 6.54 Å². The third kappa shape index (κ3) is 4.50. The van der Waals surface area contributed by atoms with Crippen LogP contribution in [0.2, 0.25) is 0 Å². The molecule has 106 valence electrons. The number of nitrogens with one attached hydrogen (secondary N) is 1. The SMILES string of the molecule is CC(C)C(C)NC(=O)N(C)Cc1ccc(F)cc1F. The second-order valence-corrected chi connectivity index (χ2v) is 5.07. The summed E-state index contributed by atoms with van der Waals surface area (Å²) < 4.78 is 26.2. The summed E-state index contributed by atoms with van der Waals surface area (Å²) in [4.78, 5) is 13.2. The molecule has 2 amide bonds. The fraction of sp³-hybridized carbons (Fsp3) is 0.500. The fourth-order valence-electron chi connectivity index (χ4n) is 1.45. The van der Waals surface area contributed by atoms with Gasteiger partial charge in [0.2, 0.25) is 0 Å². The standard InChI is InChI=1S/C14H20F2N2O/c1-9(2)10(3)17-14(19)18(4)8-11-5-6-12(15)7-13(11)16/h5-7,9-10H,8H2,1-4H3,(H,17,19). The molecule has 1 N–H and O–H groups in total. The first-order valence-electron chi connectivity index (χ1n) is 6.26. The van der Waals surface area contributed by atoms with E-state index >= 15 is 0 Å². The number of carbonyl (C=O) groups is 1. The van der Waals surface area contributed by atoms with Crippen LogP contribution in [0.25, 0.3) is 0 Å². The molecule has 0 radical (unpaired) electrons. The minimum atomic E-state index is -0.642. The van der Waals surface area contributed by atoms with Crippen LogP contribution in [0.5, 0.6) is 0 Å². The zero-order valence-corrected chi connectivity index (χ0v) is 11.7. The van der Waals surface area contributed by atoms with Gasteiger partial charge in [0.05, 0.1) is 0 Å². The van der Waals surface area contributed by atoms with Crippen LogP contribution in [0.1, 0.15) is 26.3 Å². The summed E-state index contributed by atoms with van der Waals surface area (Å²) in [6.07, 6.45) is 0. The second kappa shape index (κ2) is 6.50. The summed E-state index contributed by atoms with van der Waals surface area (Å²) in [7, 11) is 1.57. The number of nitrogens with zero attached hydrogens (tertiary/aromatic N) is 1. The Morgan fingerprint density at radius 3 is 2.47 bits per heavy atom. The molecule has 0 aliphatic rings. The van der Waals surface area contributed by atoms with Crippen LogP contribution >= 0.6 is 0 Å². The first-order chi connectivity index (χ1) is 8.81. The van der Waals surface area contributed by atoms with Crippen LogP contribution in [-0.4, -0.2) is 24.0 Å². The van der Waals surface area contributed by atoms with Gasteiger partial charge in [0.25, 0.3) is 0 Å². The molecular weight excluding hydrogens is 250 g/mol. The van der Waals surface area contributed by atoms with Gasteiger partial charge in [-0.2, -0.15) is 0 Å². The third-order valence-corrected chi connectivity index (χ3v) is 3.12. The van der Waals surface area contributed by atoms with Gasteiger partial charge in [-0.05, 0) is 18.9 Å². The van der Waals surface area contributed by atoms with Gasteiger partial charge in [-0.15, -0.1) is 0 Å². The number of benzene rings is 1. The highest BCUT2D eigenvalue weighted by Crippen LogP contribution is 2.12. The summed E-state index contributed by atoms with van der Waals surface area (Å²) in [6, 6.07) is 3.11. The lowest BCUT2D eigenvalue weighted by atomic mass is 10.1. The lowest BCUT2D eigenvalue weighted by Gasteiger charge is -2.23. The molecule has 3 nitrogen and oxygen atoms in total. The molecule has 0 aromatic heterocycles. The van der Waals surface area contributed by atoms with Crippen molar-refractivity contribution in [1.29, 1.82) is 0 Å². The number of carbonyl (C=O) groups excluding carboxylic acids is 1. The van der Waals surface area contributed by atoms with Crippen molar-refractivity contribution < 1.29 is 13.6 Å². The van der Waals surface area contributed by atoms with Crippen molar-refractivity contribution in [3.63, 3.8) is 0 Å². The summed E-state index contributed by atoms with van der Waals surface area (Å²) in [5, 5.41) is 2.82. The maximum absolute atomic E-state index is 13.5. The van der Waals surface area contributed by atoms with Gasteiger partial charge >= 0.3 is 6.03 Å². The molecule has 1 rings (SSSR count). The van der Waals surface area contributed by atoms with Crippen LogP contribution in [0.15, 0.2) is 18.2 Å². The molecule has 0 heterocycles. The van der Waals surface area contributed by atoms with Gasteiger partial charge < -0.3 is 10.2 Å². The topological polar surface area (TPSA) is 32.3 Å². The quantitative estimate of drug-likeness (QED) is 0.895. The van der Waals surface area contributed by atoms with E-state index in [4.69, 9.17) is 0 Å². The van der Waals surface area contributed by atoms with E-state index < -0.39 is 11.6 Å². The number of amides is 2. The summed E-state index contributed by atoms with van der Waals surface area (Å²) >= 11 is 0. The van der Waals surface area contributed by atoms with Crippen LogP contribution < -0.4 is 5.32 Å². The van der Waals surface area contributed by atoms with E-state index in [9.17, 15) is 13.6 Å². The smallest absolute Gasteiger partial charge is 0.317 e. The first kappa shape index (κ1) is 15.4. The Bertz CT molecular complexity index is 449. The Hall–Kier alpha value is -1.65. The molecule has 0 aliphatic heterocycles. The maximum Gasteiger partial charge on any atom is 0.317 e. The largest absolute Gasteiger partial charge is 0.335 e. The van der Waals surface area contributed by atoms with E-state index in [2.05, 4.69) is 5.32 Å². The molecule has 1 aromatic rings. The second-order valence-electron chi connectivity index (χ2n) is 5.07. The number of rotatable bonds is 4. The lowest BCUT2D eigenvalue weighted by molar-refractivity contribution is 0.199. The van der Waals surface area contributed by atoms with Crippen molar-refractivity contribution in [3.8, 4) is 0 Å². The molecule has 5 heteroatoms. The Kier molecular flexibility index (Phi) is 5.27. The molecule has 0 aliphatic carbocycles. The van der Waals surface area contributed by atoms with E-state index in [1.54, 1.807) is 7.05 Å². The Balaban J connectivity index is 2.63. The molecular formula is C14H20F2N2O. The van der Waals surface area contributed by atoms with E-state index in [-0.39, 0.29) is 24.2 Å². The van der Waals surface area contributed by atoms with Crippen molar-refractivity contribution in [3.05, 3.63) is 35.4 Å². The zero-order valence-electron chi connectivity index (χ0n) is 11.7. The number of hydrogen-bond acceptors (Lipinski definition) is 1. The predicted octanol–water partition coefficient (Wildman–Crippen LogP) is 3.15. The minimum absolute atomic E-state index is 0.0352. The van der Waals surface area contributed by atoms with E-state index in [0.717, 1.165) is 6.07 Å². The highest BCUT2D eigenvalue weighted by atomic mass is 19.1. The number of urea groups is 1. The third-order valence-electron chi connectivity index (χ3n) is 3.12. The predicted molar refractivity (Wildman–Crippen MR) is 70.7 cm³/mol. The molecule has 1 aromatic carbocycles. The lowest BCUT2D eigenvalue weighted by Crippen LogP contribution is -2.43. The van der Waals surface area contributed by atoms with Crippen molar-refractivity contribution >= 4 is 6.03 Å². The molecule has 0 fully saturated rings. The normalized spacial score (nSPS) is 12.4. The first-order valence-corrected chi connectivity index (χ1v) is 6.26. The van der Waals surface area contributed by atoms with Gasteiger partial charge in [0.15, 0.2) is 0 Å². The molecule has 19 heavy (non-hydrogen) atoms. The number of hydrogen-bond donors (Lipinski definition) is 1. The fourth-order valence-corrected chi connectivity index (χ4v) is 1.45. The molecule has 1 atom stereocenters. The average molecular weight is 270 g/mol. The van der Waals surface area contributed by atoms with Gasteiger partial charge in [-0.3, -0.25) is 0 Å². The van der Waals surface area contributed by atoms with E-state index in [1.165, 1.54) is 17.0 Å². The highest BCUT2D eigenvalue weighted by molar-refractivity contribution is 5.74. The maximum atomic E-state index is 13.5. The van der Waals surface area contributed by atoms with E-state index in [1.807, 2.05) is 20.8 Å².